The van der Waals surface area contributed by atoms with Crippen molar-refractivity contribution in [3.05, 3.63) is 267 Å². The topological polar surface area (TPSA) is 6.48 Å². The standard InChI is InChI=1S/C64H44N2/c1-2-22-54(23-3-1)65(62-29-13-20-49-16-5-9-25-59(49)62)55-39-35-45(36-40-55)46-37-41-56(42-38-46)66(63-30-14-21-50-17-6-10-26-60(50)63)64-44-53(43-52-18-7-11-27-61(52)64)47-31-33-51(34-32-47)58-28-12-19-48-15-4-8-24-57(48)58/h1-44H. The van der Waals surface area contributed by atoms with Crippen LogP contribution in [0.2, 0.25) is 0 Å². The summed E-state index contributed by atoms with van der Waals surface area (Å²) in [5, 5.41) is 9.73. The van der Waals surface area contributed by atoms with Crippen LogP contribution >= 0.6 is 0 Å². The zero-order valence-corrected chi connectivity index (χ0v) is 36.3. The van der Waals surface area contributed by atoms with Crippen molar-refractivity contribution in [1.29, 1.82) is 0 Å². The number of fused-ring (bicyclic) bond motifs is 4. The summed E-state index contributed by atoms with van der Waals surface area (Å²) in [4.78, 5) is 4.81. The first kappa shape index (κ1) is 38.9. The molecule has 0 saturated heterocycles. The zero-order valence-electron chi connectivity index (χ0n) is 36.3. The molecule has 0 spiro atoms. The largest absolute Gasteiger partial charge is 0.310 e. The summed E-state index contributed by atoms with van der Waals surface area (Å²) in [7, 11) is 0. The molecule has 0 amide bonds. The third kappa shape index (κ3) is 7.12. The fourth-order valence-corrected chi connectivity index (χ4v) is 9.79. The van der Waals surface area contributed by atoms with Crippen LogP contribution in [0.4, 0.5) is 34.1 Å². The van der Waals surface area contributed by atoms with E-state index in [2.05, 4.69) is 277 Å². The SMILES string of the molecule is c1ccc(N(c2ccc(-c3ccc(N(c4cccc5ccccc45)c4cc(-c5ccc(-c6cccc7ccccc67)cc5)cc5ccccc45)cc3)cc2)c2cccc3ccccc23)cc1. The number of nitrogens with zero attached hydrogens (tertiary/aromatic N) is 2. The summed E-state index contributed by atoms with van der Waals surface area (Å²) < 4.78 is 0. The number of benzene rings is 12. The van der Waals surface area contributed by atoms with Gasteiger partial charge in [-0.05, 0) is 121 Å². The predicted octanol–water partition coefficient (Wildman–Crippen LogP) is 18.2. The summed E-state index contributed by atoms with van der Waals surface area (Å²) in [6.45, 7) is 0. The van der Waals surface area contributed by atoms with E-state index in [9.17, 15) is 0 Å². The summed E-state index contributed by atoms with van der Waals surface area (Å²) >= 11 is 0. The Hall–Kier alpha value is -8.72. The molecule has 0 N–H and O–H groups in total. The molecule has 2 heteroatoms. The molecule has 2 nitrogen and oxygen atoms in total. The van der Waals surface area contributed by atoms with Gasteiger partial charge in [0.25, 0.3) is 0 Å². The first-order valence-corrected chi connectivity index (χ1v) is 22.7. The molecule has 0 aliphatic rings. The highest BCUT2D eigenvalue weighted by atomic mass is 15.1. The molecule has 12 rings (SSSR count). The van der Waals surface area contributed by atoms with Gasteiger partial charge in [0.05, 0.1) is 17.1 Å². The molecule has 0 unspecified atom stereocenters. The fraction of sp³-hybridized carbons (Fsp3) is 0. The van der Waals surface area contributed by atoms with E-state index in [1.165, 1.54) is 65.3 Å². The second kappa shape index (κ2) is 16.8. The molecule has 0 heterocycles. The minimum atomic E-state index is 1.09. The maximum absolute atomic E-state index is 2.45. The normalized spacial score (nSPS) is 11.3. The lowest BCUT2D eigenvalue weighted by Gasteiger charge is -2.29. The summed E-state index contributed by atoms with van der Waals surface area (Å²) in [5.74, 6) is 0. The molecule has 12 aromatic carbocycles. The van der Waals surface area contributed by atoms with Crippen LogP contribution in [-0.2, 0) is 0 Å². The number of rotatable bonds is 9. The Morgan fingerprint density at radius 2 is 0.576 bits per heavy atom. The predicted molar refractivity (Wildman–Crippen MR) is 282 cm³/mol. The lowest BCUT2D eigenvalue weighted by molar-refractivity contribution is 1.30. The quantitative estimate of drug-likeness (QED) is 0.143. The average Bonchev–Trinajstić information content (AvgIpc) is 3.39. The maximum atomic E-state index is 2.45. The van der Waals surface area contributed by atoms with Gasteiger partial charge in [0.2, 0.25) is 0 Å². The van der Waals surface area contributed by atoms with Gasteiger partial charge in [-0.1, -0.05) is 206 Å². The van der Waals surface area contributed by atoms with Crippen LogP contribution in [0.25, 0.3) is 76.5 Å². The minimum Gasteiger partial charge on any atom is -0.310 e. The second-order valence-electron chi connectivity index (χ2n) is 16.9. The third-order valence-corrected chi connectivity index (χ3v) is 13.0. The number of anilines is 6. The smallest absolute Gasteiger partial charge is 0.0546 e. The van der Waals surface area contributed by atoms with E-state index in [0.717, 1.165) is 45.3 Å². The van der Waals surface area contributed by atoms with Gasteiger partial charge in [-0.15, -0.1) is 0 Å². The van der Waals surface area contributed by atoms with Crippen LogP contribution in [0.3, 0.4) is 0 Å². The summed E-state index contributed by atoms with van der Waals surface area (Å²) in [5.41, 5.74) is 13.8. The van der Waals surface area contributed by atoms with Gasteiger partial charge in [-0.2, -0.15) is 0 Å². The maximum Gasteiger partial charge on any atom is 0.0546 e. The van der Waals surface area contributed by atoms with E-state index >= 15 is 0 Å². The first-order chi connectivity index (χ1) is 32.7. The third-order valence-electron chi connectivity index (χ3n) is 13.0. The van der Waals surface area contributed by atoms with Crippen LogP contribution in [0.5, 0.6) is 0 Å². The molecular weight excluding hydrogens is 797 g/mol. The van der Waals surface area contributed by atoms with Crippen LogP contribution in [0.15, 0.2) is 267 Å². The van der Waals surface area contributed by atoms with Gasteiger partial charge in [0.15, 0.2) is 0 Å². The van der Waals surface area contributed by atoms with Gasteiger partial charge < -0.3 is 9.80 Å². The van der Waals surface area contributed by atoms with Crippen LogP contribution in [0.1, 0.15) is 0 Å². The van der Waals surface area contributed by atoms with Crippen molar-refractivity contribution in [2.45, 2.75) is 0 Å². The van der Waals surface area contributed by atoms with Crippen LogP contribution in [-0.4, -0.2) is 0 Å². The van der Waals surface area contributed by atoms with E-state index in [0.29, 0.717) is 0 Å². The molecule has 66 heavy (non-hydrogen) atoms. The number of para-hydroxylation sites is 1. The molecule has 0 radical (unpaired) electrons. The van der Waals surface area contributed by atoms with Crippen LogP contribution < -0.4 is 9.80 Å². The molecule has 0 aromatic heterocycles. The van der Waals surface area contributed by atoms with Crippen molar-refractivity contribution in [3.8, 4) is 33.4 Å². The highest BCUT2D eigenvalue weighted by molar-refractivity contribution is 6.07. The van der Waals surface area contributed by atoms with E-state index < -0.39 is 0 Å². The summed E-state index contributed by atoms with van der Waals surface area (Å²) in [6.07, 6.45) is 0. The molecular formula is C64H44N2. The minimum absolute atomic E-state index is 1.09. The highest BCUT2D eigenvalue weighted by Crippen LogP contribution is 2.45. The molecule has 0 aliphatic carbocycles. The number of hydrogen-bond donors (Lipinski definition) is 0. The van der Waals surface area contributed by atoms with Gasteiger partial charge in [-0.25, -0.2) is 0 Å². The Labute approximate surface area is 385 Å². The Morgan fingerprint density at radius 1 is 0.197 bits per heavy atom. The molecule has 0 aliphatic heterocycles. The van der Waals surface area contributed by atoms with Gasteiger partial charge in [-0.3, -0.25) is 0 Å². The highest BCUT2D eigenvalue weighted by Gasteiger charge is 2.20. The average molecular weight is 841 g/mol. The van der Waals surface area contributed by atoms with Gasteiger partial charge >= 0.3 is 0 Å². The lowest BCUT2D eigenvalue weighted by atomic mass is 9.94. The second-order valence-corrected chi connectivity index (χ2v) is 16.9. The van der Waals surface area contributed by atoms with E-state index in [1.807, 2.05) is 0 Å². The van der Waals surface area contributed by atoms with Crippen molar-refractivity contribution >= 4 is 77.2 Å². The van der Waals surface area contributed by atoms with Crippen LogP contribution in [0, 0.1) is 0 Å². The lowest BCUT2D eigenvalue weighted by Crippen LogP contribution is -2.11. The Morgan fingerprint density at radius 3 is 1.17 bits per heavy atom. The molecule has 310 valence electrons. The van der Waals surface area contributed by atoms with Crippen molar-refractivity contribution in [1.82, 2.24) is 0 Å². The van der Waals surface area contributed by atoms with Gasteiger partial charge in [0, 0.05) is 33.2 Å². The molecule has 0 bridgehead atoms. The summed E-state index contributed by atoms with van der Waals surface area (Å²) in [6, 6.07) is 96.9. The first-order valence-electron chi connectivity index (χ1n) is 22.7. The van der Waals surface area contributed by atoms with Crippen molar-refractivity contribution in [3.63, 3.8) is 0 Å². The van der Waals surface area contributed by atoms with Gasteiger partial charge in [0.1, 0.15) is 0 Å². The molecule has 0 atom stereocenters. The van der Waals surface area contributed by atoms with Crippen molar-refractivity contribution in [2.75, 3.05) is 9.80 Å². The Balaban J connectivity index is 0.944. The Bertz CT molecular complexity index is 3670. The van der Waals surface area contributed by atoms with Crippen molar-refractivity contribution in [2.24, 2.45) is 0 Å². The fourth-order valence-electron chi connectivity index (χ4n) is 9.79. The molecule has 12 aromatic rings. The number of hydrogen-bond acceptors (Lipinski definition) is 2. The monoisotopic (exact) mass is 840 g/mol. The van der Waals surface area contributed by atoms with E-state index in [-0.39, 0.29) is 0 Å². The molecule has 0 saturated carbocycles. The van der Waals surface area contributed by atoms with Crippen molar-refractivity contribution < 1.29 is 0 Å². The molecule has 0 fully saturated rings. The Kier molecular flexibility index (Phi) is 9.89. The van der Waals surface area contributed by atoms with E-state index in [4.69, 9.17) is 0 Å². The zero-order chi connectivity index (χ0) is 43.8. The van der Waals surface area contributed by atoms with E-state index in [1.54, 1.807) is 0 Å².